The minimum absolute atomic E-state index is 0.551. The summed E-state index contributed by atoms with van der Waals surface area (Å²) in [6, 6.07) is -44.5. The topological polar surface area (TPSA) is 9.86 Å². The lowest BCUT2D eigenvalue weighted by molar-refractivity contribution is 1.18. The van der Waals surface area contributed by atoms with Crippen molar-refractivity contribution in [2.45, 2.75) is 0 Å². The first-order valence-electron chi connectivity index (χ1n) is 38.1. The fourth-order valence-electron chi connectivity index (χ4n) is 6.86. The predicted molar refractivity (Wildman–Crippen MR) is 262 cm³/mol. The Bertz CT molecular complexity index is 5330. The zero-order valence-corrected chi connectivity index (χ0v) is 30.9. The van der Waals surface area contributed by atoms with Crippen molar-refractivity contribution in [2.75, 3.05) is 0 Å². The molecule has 0 atom stereocenters. The van der Waals surface area contributed by atoms with Gasteiger partial charge in [0.1, 0.15) is 0 Å². The van der Waals surface area contributed by atoms with Gasteiger partial charge in [0.25, 0.3) is 0 Å². The molecule has 0 bridgehead atoms. The van der Waals surface area contributed by atoms with E-state index in [1.807, 2.05) is 0 Å². The third-order valence-corrected chi connectivity index (χ3v) is 9.49. The molecule has 0 aliphatic rings. The van der Waals surface area contributed by atoms with Crippen LogP contribution in [0, 0.1) is 0 Å². The highest BCUT2D eigenvalue weighted by Gasteiger charge is 2.18. The second kappa shape index (κ2) is 14.8. The summed E-state index contributed by atoms with van der Waals surface area (Å²) in [5, 5.41) is -3.36. The number of nitrogens with zero attached hydrogens (tertiary/aromatic N) is 2. The average molecular weight is 829 g/mol. The molecule has 12 rings (SSSR count). The Labute approximate surface area is 417 Å². The quantitative estimate of drug-likeness (QED) is 0.151. The highest BCUT2D eigenvalue weighted by molar-refractivity contribution is 6.13. The highest BCUT2D eigenvalue weighted by atomic mass is 15.0. The minimum Gasteiger partial charge on any atom is -0.309 e. The van der Waals surface area contributed by atoms with Gasteiger partial charge in [-0.3, -0.25) is 0 Å². The Kier molecular flexibility index (Phi) is 3.26. The molecule has 0 aliphatic heterocycles. The first-order chi connectivity index (χ1) is 47.4. The molecule has 0 spiro atoms. The van der Waals surface area contributed by atoms with E-state index in [2.05, 4.69) is 0 Å². The lowest BCUT2D eigenvalue weighted by Crippen LogP contribution is -1.96. The zero-order valence-electron chi connectivity index (χ0n) is 70.9. The molecule has 62 heavy (non-hydrogen) atoms. The van der Waals surface area contributed by atoms with Crippen LogP contribution in [0.15, 0.2) is 242 Å². The second-order valence-electron chi connectivity index (χ2n) is 13.0. The van der Waals surface area contributed by atoms with Crippen molar-refractivity contribution in [3.8, 4) is 67.0 Å². The zero-order chi connectivity index (χ0) is 75.8. The van der Waals surface area contributed by atoms with Gasteiger partial charge in [0.2, 0.25) is 0 Å². The van der Waals surface area contributed by atoms with Gasteiger partial charge in [0.05, 0.1) is 76.9 Å². The number of hydrogen-bond acceptors (Lipinski definition) is 0. The van der Waals surface area contributed by atoms with Crippen LogP contribution in [0.25, 0.3) is 111 Å². The molecular weight excluding hydrogens is 749 g/mol. The predicted octanol–water partition coefficient (Wildman–Crippen LogP) is 16.2. The summed E-state index contributed by atoms with van der Waals surface area (Å²) in [6.07, 6.45) is 0. The van der Waals surface area contributed by atoms with Gasteiger partial charge in [0, 0.05) is 32.9 Å². The molecule has 0 radical (unpaired) electrons. The number of hydrogen-bond donors (Lipinski definition) is 0. The molecule has 0 N–H and O–H groups in total. The molecule has 0 saturated carbocycles. The van der Waals surface area contributed by atoms with Crippen LogP contribution in [0.1, 0.15) is 54.8 Å². The van der Waals surface area contributed by atoms with E-state index in [0.29, 0.717) is 9.13 Å². The molecule has 2 heterocycles. The van der Waals surface area contributed by atoms with Gasteiger partial charge in [-0.2, -0.15) is 0 Å². The summed E-state index contributed by atoms with van der Waals surface area (Å²) < 4.78 is 368. The lowest BCUT2D eigenvalue weighted by atomic mass is 9.98. The monoisotopic (exact) mass is 829 g/mol. The van der Waals surface area contributed by atoms with E-state index >= 15 is 0 Å². The molecule has 0 fully saturated rings. The van der Waals surface area contributed by atoms with Gasteiger partial charge in [-0.05, 0) is 128 Å². The van der Waals surface area contributed by atoms with Gasteiger partial charge < -0.3 is 9.13 Å². The Morgan fingerprint density at radius 3 is 0.839 bits per heavy atom. The molecule has 2 heteroatoms. The Morgan fingerprint density at radius 2 is 0.500 bits per heavy atom. The van der Waals surface area contributed by atoms with Crippen LogP contribution in [0.2, 0.25) is 0 Å². The fourth-order valence-corrected chi connectivity index (χ4v) is 6.86. The smallest absolute Gasteiger partial charge is 0.0651 e. The maximum atomic E-state index is 10.2. The van der Waals surface area contributed by atoms with Crippen LogP contribution >= 0.6 is 0 Å². The maximum absolute atomic E-state index is 10.2. The number of fused-ring (bicyclic) bond motifs is 6. The Balaban J connectivity index is 1.30. The van der Waals surface area contributed by atoms with Crippen LogP contribution in [-0.4, -0.2) is 9.13 Å². The van der Waals surface area contributed by atoms with Crippen molar-refractivity contribution >= 4 is 43.6 Å². The van der Waals surface area contributed by atoms with Crippen LogP contribution in [0.3, 0.4) is 0 Å². The molecule has 2 nitrogen and oxygen atoms in total. The first kappa shape index (κ1) is 13.7. The molecule has 290 valence electrons. The standard InChI is InChI=1S/C60H40N2/c1-5-17-41(18-6-1)47-33-48(42-19-7-2-8-20-42)36-51(35-47)61-57-27-15-13-25-53(57)55-39-45(29-31-59(55)61)46-30-32-60-56(40-46)54-26-14-16-28-58(54)62(60)52-37-49(43-21-9-3-10-22-43)34-50(38-52)44-23-11-4-12-24-44/h1-40H/i1D,2D,3D,4D,5D,6D,7D,8D,9D,10D,11D,12D,13D,14D,15D,16D,17D,18D,19D,20D,21D,22D,23D,24D,25D,26D,27D,28D,29D,30D,31D,32D,33D,34D,35D,36D,37D,38D,39D,40D. The summed E-state index contributed by atoms with van der Waals surface area (Å²) in [4.78, 5) is 0. The van der Waals surface area contributed by atoms with Crippen LogP contribution in [0.5, 0.6) is 0 Å². The van der Waals surface area contributed by atoms with Crippen molar-refractivity contribution in [2.24, 2.45) is 0 Å². The molecule has 2 aromatic heterocycles. The molecule has 0 saturated heterocycles. The van der Waals surface area contributed by atoms with E-state index in [9.17, 15) is 21.9 Å². The summed E-state index contributed by atoms with van der Waals surface area (Å²) in [6.45, 7) is 0. The van der Waals surface area contributed by atoms with E-state index in [-0.39, 0.29) is 0 Å². The minimum atomic E-state index is -1.27. The maximum Gasteiger partial charge on any atom is 0.0651 e. The van der Waals surface area contributed by atoms with Crippen molar-refractivity contribution in [1.29, 1.82) is 0 Å². The van der Waals surface area contributed by atoms with Crippen LogP contribution < -0.4 is 0 Å². The first-order valence-corrected chi connectivity index (χ1v) is 18.1. The number of rotatable bonds is 7. The van der Waals surface area contributed by atoms with Gasteiger partial charge in [-0.15, -0.1) is 0 Å². The van der Waals surface area contributed by atoms with E-state index in [1.165, 1.54) is 0 Å². The van der Waals surface area contributed by atoms with Gasteiger partial charge in [-0.1, -0.05) is 169 Å². The Morgan fingerprint density at radius 1 is 0.210 bits per heavy atom. The van der Waals surface area contributed by atoms with E-state index in [0.717, 1.165) is 0 Å². The Hall–Kier alpha value is -8.20. The highest BCUT2D eigenvalue weighted by Crippen LogP contribution is 2.41. The molecule has 12 aromatic rings. The van der Waals surface area contributed by atoms with Crippen molar-refractivity contribution in [3.63, 3.8) is 0 Å². The van der Waals surface area contributed by atoms with E-state index < -0.39 is 352 Å². The summed E-state index contributed by atoms with van der Waals surface area (Å²) in [5.74, 6) is 0. The van der Waals surface area contributed by atoms with Crippen molar-refractivity contribution in [3.05, 3.63) is 242 Å². The summed E-state index contributed by atoms with van der Waals surface area (Å²) >= 11 is 0. The van der Waals surface area contributed by atoms with E-state index in [1.54, 1.807) is 0 Å². The molecule has 10 aromatic carbocycles. The fraction of sp³-hybridized carbons (Fsp3) is 0. The van der Waals surface area contributed by atoms with Gasteiger partial charge in [0.15, 0.2) is 0 Å². The molecule has 0 amide bonds. The summed E-state index contributed by atoms with van der Waals surface area (Å²) in [7, 11) is 0. The van der Waals surface area contributed by atoms with Crippen LogP contribution in [0.4, 0.5) is 0 Å². The average Bonchev–Trinajstić information content (AvgIpc) is 1.50. The lowest BCUT2D eigenvalue weighted by Gasteiger charge is -2.14. The van der Waals surface area contributed by atoms with Crippen LogP contribution in [-0.2, 0) is 0 Å². The molecular formula is C60H40N2. The summed E-state index contributed by atoms with van der Waals surface area (Å²) in [5.41, 5.74) is -15.8. The largest absolute Gasteiger partial charge is 0.309 e. The van der Waals surface area contributed by atoms with E-state index in [4.69, 9.17) is 32.9 Å². The third-order valence-electron chi connectivity index (χ3n) is 9.49. The van der Waals surface area contributed by atoms with Gasteiger partial charge >= 0.3 is 0 Å². The van der Waals surface area contributed by atoms with Crippen molar-refractivity contribution in [1.82, 2.24) is 9.13 Å². The third kappa shape index (κ3) is 6.12. The van der Waals surface area contributed by atoms with Crippen molar-refractivity contribution < 1.29 is 54.8 Å². The molecule has 0 unspecified atom stereocenters. The van der Waals surface area contributed by atoms with Gasteiger partial charge in [-0.25, -0.2) is 0 Å². The number of para-hydroxylation sites is 2. The normalized spacial score (nSPS) is 20.6. The second-order valence-corrected chi connectivity index (χ2v) is 13.0. The number of benzene rings is 10. The molecule has 0 aliphatic carbocycles. The number of aromatic nitrogens is 2. The SMILES string of the molecule is [2H]c1c([2H])c([2H])c(-c2c([2H])c(-c3c([2H])c([2H])c([2H])c([2H])c3[2H])c([2H])c(-n3c4c([2H])c([2H])c([2H])c([2H])c4c4c([2H])c(-c5c([2H])c([2H])c6c(c5[2H])c5c([2H])c([2H])c([2H])c([2H])c5n6-c5c([2H])c(-c6c([2H])c([2H])c([2H])c([2H])c6[2H])c([2H])c(-c6c([2H])c([2H])c([2H])c([2H])c6[2H])c5[2H])c([2H])c([2H])c43)c2[2H])c([2H])c1[2H].